The second-order valence-corrected chi connectivity index (χ2v) is 10.0. The van der Waals surface area contributed by atoms with E-state index >= 15 is 0 Å². The monoisotopic (exact) mass is 418 g/mol. The first kappa shape index (κ1) is 21.7. The number of esters is 1. The molecule has 2 aliphatic rings. The first-order valence-electron chi connectivity index (χ1n) is 10.2. The topological polar surface area (TPSA) is 75.7 Å². The zero-order valence-electron chi connectivity index (χ0n) is 17.8. The number of rotatable bonds is 6. The molecule has 0 radical (unpaired) electrons. The number of benzene rings is 1. The van der Waals surface area contributed by atoms with Crippen molar-refractivity contribution >= 4 is 35.2 Å². The fourth-order valence-electron chi connectivity index (χ4n) is 4.10. The molecule has 3 rings (SSSR count). The normalized spacial score (nSPS) is 23.6. The quantitative estimate of drug-likeness (QED) is 0.710. The maximum Gasteiger partial charge on any atom is 0.330 e. The van der Waals surface area contributed by atoms with Gasteiger partial charge in [-0.1, -0.05) is 45.9 Å². The minimum Gasteiger partial charge on any atom is -0.454 e. The maximum absolute atomic E-state index is 12.6. The van der Waals surface area contributed by atoms with Gasteiger partial charge in [0.15, 0.2) is 6.61 Å². The lowest BCUT2D eigenvalue weighted by molar-refractivity contribution is -0.155. The van der Waals surface area contributed by atoms with Crippen LogP contribution in [0.5, 0.6) is 0 Å². The Bertz CT molecular complexity index is 797. The van der Waals surface area contributed by atoms with Gasteiger partial charge in [0, 0.05) is 17.9 Å². The van der Waals surface area contributed by atoms with Crippen LogP contribution in [0.15, 0.2) is 18.2 Å². The van der Waals surface area contributed by atoms with E-state index < -0.39 is 12.0 Å². The molecule has 6 nitrogen and oxygen atoms in total. The van der Waals surface area contributed by atoms with Gasteiger partial charge in [0.2, 0.25) is 5.91 Å². The Balaban J connectivity index is 1.65. The van der Waals surface area contributed by atoms with Crippen molar-refractivity contribution in [2.75, 3.05) is 17.7 Å². The number of thioether (sulfide) groups is 1. The largest absolute Gasteiger partial charge is 0.454 e. The van der Waals surface area contributed by atoms with Crippen LogP contribution in [0.1, 0.15) is 70.4 Å². The molecule has 2 saturated heterocycles. The molecule has 0 saturated carbocycles. The number of fused-ring (bicyclic) bond motifs is 1. The van der Waals surface area contributed by atoms with E-state index in [9.17, 15) is 14.4 Å². The Morgan fingerprint density at radius 1 is 1.24 bits per heavy atom. The van der Waals surface area contributed by atoms with Gasteiger partial charge < -0.3 is 15.0 Å². The number of nitrogens with zero attached hydrogens (tertiary/aromatic N) is 1. The first-order valence-corrected chi connectivity index (χ1v) is 11.2. The lowest BCUT2D eigenvalue weighted by Crippen LogP contribution is -2.47. The SMILES string of the molecule is CC(C)c1cccc(C(C)C)c1NC(=O)COC(=O)[C@@H]1CS[C@]2(C)CCC(=O)N12. The molecule has 29 heavy (non-hydrogen) atoms. The Morgan fingerprint density at radius 2 is 1.86 bits per heavy atom. The lowest BCUT2D eigenvalue weighted by atomic mass is 9.92. The second-order valence-electron chi connectivity index (χ2n) is 8.54. The zero-order chi connectivity index (χ0) is 21.3. The Labute approximate surface area is 176 Å². The number of carbonyl (C=O) groups excluding carboxylic acids is 3. The standard InChI is InChI=1S/C22H30N2O4S/c1-13(2)15-7-6-8-16(14(3)4)20(15)23-18(25)11-28-21(27)17-12-29-22(5)10-9-19(26)24(17)22/h6-8,13-14,17H,9-12H2,1-5H3,(H,23,25)/t17-,22+/m0/s1. The third-order valence-electron chi connectivity index (χ3n) is 5.70. The number of amides is 2. The number of ether oxygens (including phenoxy) is 1. The molecule has 2 amide bonds. The van der Waals surface area contributed by atoms with Gasteiger partial charge in [-0.2, -0.15) is 0 Å². The minimum atomic E-state index is -0.609. The molecule has 158 valence electrons. The molecule has 0 aliphatic carbocycles. The van der Waals surface area contributed by atoms with Gasteiger partial charge in [0.25, 0.3) is 5.91 Å². The molecule has 1 N–H and O–H groups in total. The lowest BCUT2D eigenvalue weighted by Gasteiger charge is -2.29. The molecule has 2 heterocycles. The van der Waals surface area contributed by atoms with Crippen LogP contribution in [0, 0.1) is 0 Å². The summed E-state index contributed by atoms with van der Waals surface area (Å²) in [6, 6.07) is 5.41. The van der Waals surface area contributed by atoms with E-state index in [1.54, 1.807) is 16.7 Å². The first-order chi connectivity index (χ1) is 13.6. The van der Waals surface area contributed by atoms with Crippen molar-refractivity contribution < 1.29 is 19.1 Å². The summed E-state index contributed by atoms with van der Waals surface area (Å²) >= 11 is 1.61. The third-order valence-corrected chi connectivity index (χ3v) is 7.20. The van der Waals surface area contributed by atoms with Crippen LogP contribution in [-0.2, 0) is 19.1 Å². The zero-order valence-corrected chi connectivity index (χ0v) is 18.6. The summed E-state index contributed by atoms with van der Waals surface area (Å²) in [6.07, 6.45) is 1.20. The molecule has 1 aromatic carbocycles. The van der Waals surface area contributed by atoms with E-state index in [0.717, 1.165) is 23.2 Å². The third kappa shape index (κ3) is 4.29. The highest BCUT2D eigenvalue weighted by Gasteiger charge is 2.53. The van der Waals surface area contributed by atoms with E-state index in [1.165, 1.54) is 0 Å². The van der Waals surface area contributed by atoms with E-state index in [0.29, 0.717) is 12.2 Å². The van der Waals surface area contributed by atoms with Crippen LogP contribution < -0.4 is 5.32 Å². The summed E-state index contributed by atoms with van der Waals surface area (Å²) in [5.41, 5.74) is 2.92. The average Bonchev–Trinajstić information content (AvgIpc) is 3.15. The smallest absolute Gasteiger partial charge is 0.330 e. The average molecular weight is 419 g/mol. The molecular weight excluding hydrogens is 388 g/mol. The summed E-state index contributed by atoms with van der Waals surface area (Å²) < 4.78 is 5.30. The predicted molar refractivity (Wildman–Crippen MR) is 115 cm³/mol. The van der Waals surface area contributed by atoms with Crippen LogP contribution >= 0.6 is 11.8 Å². The summed E-state index contributed by atoms with van der Waals surface area (Å²) in [4.78, 5) is 38.6. The highest BCUT2D eigenvalue weighted by Crippen LogP contribution is 2.47. The van der Waals surface area contributed by atoms with Gasteiger partial charge in [-0.3, -0.25) is 9.59 Å². The second kappa shape index (κ2) is 8.38. The number of hydrogen-bond acceptors (Lipinski definition) is 5. The van der Waals surface area contributed by atoms with Gasteiger partial charge in [0.05, 0.1) is 4.87 Å². The molecule has 2 aliphatic heterocycles. The summed E-state index contributed by atoms with van der Waals surface area (Å²) in [6.45, 7) is 9.95. The van der Waals surface area contributed by atoms with Gasteiger partial charge >= 0.3 is 5.97 Å². The van der Waals surface area contributed by atoms with Crippen molar-refractivity contribution in [1.82, 2.24) is 4.90 Å². The van der Waals surface area contributed by atoms with Crippen LogP contribution in [0.2, 0.25) is 0 Å². The predicted octanol–water partition coefficient (Wildman–Crippen LogP) is 3.87. The van der Waals surface area contributed by atoms with E-state index in [4.69, 9.17) is 4.74 Å². The van der Waals surface area contributed by atoms with Gasteiger partial charge in [-0.05, 0) is 36.3 Å². The molecule has 1 aromatic rings. The Hall–Kier alpha value is -2.02. The summed E-state index contributed by atoms with van der Waals surface area (Å²) in [5.74, 6) is 0.122. The summed E-state index contributed by atoms with van der Waals surface area (Å²) in [5, 5.41) is 2.95. The molecule has 0 unspecified atom stereocenters. The van der Waals surface area contributed by atoms with Crippen LogP contribution in [0.3, 0.4) is 0 Å². The maximum atomic E-state index is 12.6. The van der Waals surface area contributed by atoms with Gasteiger partial charge in [-0.25, -0.2) is 4.79 Å². The van der Waals surface area contributed by atoms with Gasteiger partial charge in [0.1, 0.15) is 6.04 Å². The molecule has 2 atom stereocenters. The van der Waals surface area contributed by atoms with Crippen molar-refractivity contribution in [2.24, 2.45) is 0 Å². The number of carbonyl (C=O) groups is 3. The van der Waals surface area contributed by atoms with Gasteiger partial charge in [-0.15, -0.1) is 11.8 Å². The van der Waals surface area contributed by atoms with Crippen LogP contribution in [-0.4, -0.2) is 46.0 Å². The molecular formula is C22H30N2O4S. The van der Waals surface area contributed by atoms with Crippen molar-refractivity contribution in [2.45, 2.75) is 70.2 Å². The Morgan fingerprint density at radius 3 is 2.45 bits per heavy atom. The molecule has 0 spiro atoms. The van der Waals surface area contributed by atoms with Crippen molar-refractivity contribution in [3.8, 4) is 0 Å². The molecule has 2 fully saturated rings. The van der Waals surface area contributed by atoms with E-state index in [2.05, 4.69) is 33.0 Å². The van der Waals surface area contributed by atoms with E-state index in [1.807, 2.05) is 25.1 Å². The fourth-order valence-corrected chi connectivity index (χ4v) is 5.52. The number of nitrogens with one attached hydrogen (secondary N) is 1. The summed E-state index contributed by atoms with van der Waals surface area (Å²) in [7, 11) is 0. The van der Waals surface area contributed by atoms with E-state index in [-0.39, 0.29) is 35.1 Å². The van der Waals surface area contributed by atoms with Crippen LogP contribution in [0.4, 0.5) is 5.69 Å². The molecule has 0 aromatic heterocycles. The molecule has 0 bridgehead atoms. The van der Waals surface area contributed by atoms with Crippen molar-refractivity contribution in [3.05, 3.63) is 29.3 Å². The minimum absolute atomic E-state index is 0.0173. The fraction of sp³-hybridized carbons (Fsp3) is 0.591. The highest BCUT2D eigenvalue weighted by atomic mass is 32.2. The highest BCUT2D eigenvalue weighted by molar-refractivity contribution is 8.01. The Kier molecular flexibility index (Phi) is 6.27. The van der Waals surface area contributed by atoms with Crippen molar-refractivity contribution in [3.63, 3.8) is 0 Å². The van der Waals surface area contributed by atoms with Crippen molar-refractivity contribution in [1.29, 1.82) is 0 Å². The number of anilines is 1. The molecule has 7 heteroatoms. The number of para-hydroxylation sites is 1. The van der Waals surface area contributed by atoms with Crippen LogP contribution in [0.25, 0.3) is 0 Å². The number of hydrogen-bond donors (Lipinski definition) is 1.